The molecule has 0 saturated carbocycles. The molecule has 0 aromatic heterocycles. The number of nitrogens with one attached hydrogen (secondary N) is 2. The normalized spacial score (nSPS) is 17.3. The number of anilines is 1. The van der Waals surface area contributed by atoms with Gasteiger partial charge in [-0.2, -0.15) is 13.2 Å². The zero-order valence-corrected chi connectivity index (χ0v) is 22.1. The standard InChI is InChI=1S/C31H32ClF3N2/c1-5-6-7-20-8-10-21(11-9-20)28(16-19(2)3)37-27-15-14-24-23-13-12-22(31(33,34)35)17-26(23)30(4,32)29(24)25(27)18-36/h5,8-15,17-19,28,36-37H,1,6-7,16H2,2-4H3. The summed E-state index contributed by atoms with van der Waals surface area (Å²) in [6.07, 6.45) is 1.45. The lowest BCUT2D eigenvalue weighted by Crippen LogP contribution is -2.18. The average molecular weight is 525 g/mol. The number of allylic oxidation sites excluding steroid dienone is 1. The highest BCUT2D eigenvalue weighted by molar-refractivity contribution is 6.29. The first kappa shape index (κ1) is 27.0. The summed E-state index contributed by atoms with van der Waals surface area (Å²) in [5.41, 5.74) is 5.50. The van der Waals surface area contributed by atoms with Crippen LogP contribution in [0.25, 0.3) is 11.1 Å². The summed E-state index contributed by atoms with van der Waals surface area (Å²) in [6, 6.07) is 16.1. The molecule has 6 heteroatoms. The van der Waals surface area contributed by atoms with Gasteiger partial charge >= 0.3 is 6.18 Å². The molecule has 0 radical (unpaired) electrons. The smallest absolute Gasteiger partial charge is 0.378 e. The molecule has 3 aromatic rings. The third-order valence-corrected chi connectivity index (χ3v) is 7.45. The van der Waals surface area contributed by atoms with Crippen LogP contribution in [0.3, 0.4) is 0 Å². The Bertz CT molecular complexity index is 1310. The SMILES string of the molecule is C=CCCc1ccc(C(CC(C)C)Nc2ccc3c(c2C=N)C(C)(Cl)c2cc(C(F)(F)F)ccc2-3)cc1. The third-order valence-electron chi connectivity index (χ3n) is 7.06. The van der Waals surface area contributed by atoms with Crippen molar-refractivity contribution in [2.24, 2.45) is 5.92 Å². The van der Waals surface area contributed by atoms with Gasteiger partial charge in [-0.25, -0.2) is 0 Å². The zero-order chi connectivity index (χ0) is 27.0. The molecule has 1 aliphatic rings. The fraction of sp³-hybridized carbons (Fsp3) is 0.323. The molecule has 2 nitrogen and oxygen atoms in total. The molecule has 0 fully saturated rings. The van der Waals surface area contributed by atoms with E-state index in [0.717, 1.165) is 48.2 Å². The van der Waals surface area contributed by atoms with E-state index in [-0.39, 0.29) is 6.04 Å². The average Bonchev–Trinajstić information content (AvgIpc) is 3.08. The first-order chi connectivity index (χ1) is 17.5. The van der Waals surface area contributed by atoms with Crippen molar-refractivity contribution in [1.29, 1.82) is 5.41 Å². The number of fused-ring (bicyclic) bond motifs is 3. The number of benzene rings is 3. The van der Waals surface area contributed by atoms with Gasteiger partial charge < -0.3 is 10.7 Å². The molecule has 0 aliphatic heterocycles. The van der Waals surface area contributed by atoms with Gasteiger partial charge in [0.2, 0.25) is 0 Å². The summed E-state index contributed by atoms with van der Waals surface area (Å²) < 4.78 is 40.3. The molecule has 0 saturated heterocycles. The molecule has 2 unspecified atom stereocenters. The monoisotopic (exact) mass is 524 g/mol. The highest BCUT2D eigenvalue weighted by Crippen LogP contribution is 2.54. The third kappa shape index (κ3) is 5.33. The minimum Gasteiger partial charge on any atom is -0.378 e. The largest absolute Gasteiger partial charge is 0.416 e. The van der Waals surface area contributed by atoms with E-state index in [1.165, 1.54) is 17.8 Å². The van der Waals surface area contributed by atoms with Gasteiger partial charge in [0.05, 0.1) is 16.5 Å². The number of hydrogen-bond acceptors (Lipinski definition) is 2. The fourth-order valence-corrected chi connectivity index (χ4v) is 5.59. The topological polar surface area (TPSA) is 35.9 Å². The van der Waals surface area contributed by atoms with E-state index in [4.69, 9.17) is 17.0 Å². The molecule has 2 atom stereocenters. The first-order valence-electron chi connectivity index (χ1n) is 12.5. The minimum absolute atomic E-state index is 0.00704. The maximum Gasteiger partial charge on any atom is 0.416 e. The lowest BCUT2D eigenvalue weighted by molar-refractivity contribution is -0.137. The van der Waals surface area contributed by atoms with Crippen LogP contribution in [-0.4, -0.2) is 6.21 Å². The van der Waals surface area contributed by atoms with Crippen LogP contribution in [0.5, 0.6) is 0 Å². The molecule has 0 heterocycles. The van der Waals surface area contributed by atoms with Gasteiger partial charge in [0.15, 0.2) is 0 Å². The lowest BCUT2D eigenvalue weighted by Gasteiger charge is -2.27. The maximum absolute atomic E-state index is 13.4. The van der Waals surface area contributed by atoms with E-state index < -0.39 is 16.6 Å². The fourth-order valence-electron chi connectivity index (χ4n) is 5.23. The van der Waals surface area contributed by atoms with Crippen LogP contribution >= 0.6 is 11.6 Å². The number of aryl methyl sites for hydroxylation is 1. The lowest BCUT2D eigenvalue weighted by atomic mass is 9.91. The molecular weight excluding hydrogens is 493 g/mol. The molecule has 194 valence electrons. The van der Waals surface area contributed by atoms with Crippen molar-refractivity contribution in [3.63, 3.8) is 0 Å². The second-order valence-corrected chi connectivity index (χ2v) is 11.0. The van der Waals surface area contributed by atoms with Crippen molar-refractivity contribution in [3.8, 4) is 11.1 Å². The molecular formula is C31H32ClF3N2. The Morgan fingerprint density at radius 2 is 1.73 bits per heavy atom. The highest BCUT2D eigenvalue weighted by Gasteiger charge is 2.42. The van der Waals surface area contributed by atoms with Crippen molar-refractivity contribution in [2.75, 3.05) is 5.32 Å². The van der Waals surface area contributed by atoms with E-state index in [2.05, 4.69) is 50.0 Å². The van der Waals surface area contributed by atoms with Crippen molar-refractivity contribution in [1.82, 2.24) is 0 Å². The molecule has 2 N–H and O–H groups in total. The van der Waals surface area contributed by atoms with Crippen molar-refractivity contribution in [2.45, 2.75) is 57.1 Å². The molecule has 37 heavy (non-hydrogen) atoms. The van der Waals surface area contributed by atoms with Gasteiger partial charge in [0.25, 0.3) is 0 Å². The molecule has 1 aliphatic carbocycles. The Morgan fingerprint density at radius 1 is 1.05 bits per heavy atom. The molecule has 4 rings (SSSR count). The quantitative estimate of drug-likeness (QED) is 0.163. The number of halogens is 4. The second-order valence-electron chi connectivity index (χ2n) is 10.3. The number of rotatable bonds is 9. The summed E-state index contributed by atoms with van der Waals surface area (Å²) >= 11 is 7.00. The first-order valence-corrected chi connectivity index (χ1v) is 12.9. The van der Waals surface area contributed by atoms with E-state index in [1.54, 1.807) is 6.92 Å². The molecule has 3 aromatic carbocycles. The van der Waals surface area contributed by atoms with Crippen LogP contribution in [0, 0.1) is 11.3 Å². The summed E-state index contributed by atoms with van der Waals surface area (Å²) in [6.45, 7) is 9.83. The summed E-state index contributed by atoms with van der Waals surface area (Å²) in [4.78, 5) is -1.20. The maximum atomic E-state index is 13.4. The van der Waals surface area contributed by atoms with E-state index in [0.29, 0.717) is 28.2 Å². The second kappa shape index (κ2) is 10.4. The molecule has 0 bridgehead atoms. The van der Waals surface area contributed by atoms with Crippen LogP contribution in [0.2, 0.25) is 0 Å². The van der Waals surface area contributed by atoms with Crippen LogP contribution < -0.4 is 5.32 Å². The summed E-state index contributed by atoms with van der Waals surface area (Å²) in [7, 11) is 0. The van der Waals surface area contributed by atoms with Gasteiger partial charge in [0.1, 0.15) is 0 Å². The number of alkyl halides is 4. The Hall–Kier alpha value is -3.05. The van der Waals surface area contributed by atoms with Gasteiger partial charge in [-0.05, 0) is 83.7 Å². The van der Waals surface area contributed by atoms with E-state index in [9.17, 15) is 13.2 Å². The van der Waals surface area contributed by atoms with Gasteiger partial charge in [0, 0.05) is 17.5 Å². The van der Waals surface area contributed by atoms with Crippen molar-refractivity contribution >= 4 is 23.5 Å². The van der Waals surface area contributed by atoms with Gasteiger partial charge in [-0.3, -0.25) is 0 Å². The van der Waals surface area contributed by atoms with Crippen LogP contribution in [0.15, 0.2) is 67.3 Å². The van der Waals surface area contributed by atoms with Gasteiger partial charge in [-0.1, -0.05) is 56.3 Å². The van der Waals surface area contributed by atoms with Gasteiger partial charge in [-0.15, -0.1) is 18.2 Å². The Kier molecular flexibility index (Phi) is 7.57. The summed E-state index contributed by atoms with van der Waals surface area (Å²) in [5.74, 6) is 0.416. The van der Waals surface area contributed by atoms with Crippen molar-refractivity contribution < 1.29 is 13.2 Å². The highest BCUT2D eigenvalue weighted by atomic mass is 35.5. The minimum atomic E-state index is -4.46. The predicted molar refractivity (Wildman–Crippen MR) is 148 cm³/mol. The Morgan fingerprint density at radius 3 is 2.32 bits per heavy atom. The molecule has 0 spiro atoms. The zero-order valence-electron chi connectivity index (χ0n) is 21.3. The number of hydrogen-bond donors (Lipinski definition) is 2. The summed E-state index contributed by atoms with van der Waals surface area (Å²) in [5, 5.41) is 11.9. The van der Waals surface area contributed by atoms with Crippen LogP contribution in [-0.2, 0) is 17.5 Å². The van der Waals surface area contributed by atoms with Crippen LogP contribution in [0.4, 0.5) is 18.9 Å². The van der Waals surface area contributed by atoms with Crippen molar-refractivity contribution in [3.05, 3.63) is 101 Å². The van der Waals surface area contributed by atoms with Crippen LogP contribution in [0.1, 0.15) is 73.0 Å². The Balaban J connectivity index is 1.74. The Labute approximate surface area is 222 Å². The van der Waals surface area contributed by atoms with E-state index >= 15 is 0 Å². The predicted octanol–water partition coefficient (Wildman–Crippen LogP) is 9.50. The molecule has 0 amide bonds. The van der Waals surface area contributed by atoms with E-state index in [1.807, 2.05) is 18.2 Å².